The molecule has 29 heavy (non-hydrogen) atoms. The van der Waals surface area contributed by atoms with Crippen LogP contribution in [-0.4, -0.2) is 50.2 Å². The molecule has 0 fully saturated rings. The summed E-state index contributed by atoms with van der Waals surface area (Å²) in [6.07, 6.45) is 3.43. The van der Waals surface area contributed by atoms with E-state index in [1.807, 2.05) is 26.1 Å². The Hall–Kier alpha value is -2.80. The van der Waals surface area contributed by atoms with Crippen molar-refractivity contribution in [3.05, 3.63) is 53.7 Å². The van der Waals surface area contributed by atoms with E-state index in [2.05, 4.69) is 54.2 Å². The van der Waals surface area contributed by atoms with Crippen LogP contribution in [0, 0.1) is 5.92 Å². The molecule has 0 aliphatic carbocycles. The first-order valence-electron chi connectivity index (χ1n) is 10.3. The fourth-order valence-electron chi connectivity index (χ4n) is 3.75. The zero-order chi connectivity index (χ0) is 20.2. The maximum atomic E-state index is 11.7. The normalized spacial score (nSPS) is 14.7. The van der Waals surface area contributed by atoms with Crippen molar-refractivity contribution in [2.45, 2.75) is 39.8 Å². The summed E-state index contributed by atoms with van der Waals surface area (Å²) in [5.41, 5.74) is 2.34. The number of nitrogens with zero attached hydrogens (tertiary/aromatic N) is 5. The molecular weight excluding hydrogens is 364 g/mol. The number of aromatic nitrogens is 4. The molecule has 0 radical (unpaired) electrons. The van der Waals surface area contributed by atoms with Gasteiger partial charge in [-0.3, -0.25) is 14.7 Å². The van der Waals surface area contributed by atoms with Gasteiger partial charge in [-0.1, -0.05) is 26.0 Å². The van der Waals surface area contributed by atoms with Gasteiger partial charge in [-0.05, 0) is 23.8 Å². The van der Waals surface area contributed by atoms with Crippen molar-refractivity contribution in [2.24, 2.45) is 5.92 Å². The maximum absolute atomic E-state index is 11.7. The van der Waals surface area contributed by atoms with E-state index < -0.39 is 0 Å². The molecule has 0 spiro atoms. The van der Waals surface area contributed by atoms with Crippen LogP contribution in [0.5, 0.6) is 0 Å². The third kappa shape index (κ3) is 4.62. The van der Waals surface area contributed by atoms with Gasteiger partial charge in [0, 0.05) is 63.1 Å². The number of fused-ring (bicyclic) bond motifs is 2. The summed E-state index contributed by atoms with van der Waals surface area (Å²) in [7, 11) is 0. The molecular formula is C22H28N6O. The number of pyridine rings is 1. The molecule has 0 saturated heterocycles. The van der Waals surface area contributed by atoms with E-state index >= 15 is 0 Å². The Morgan fingerprint density at radius 1 is 1.17 bits per heavy atom. The lowest BCUT2D eigenvalue weighted by atomic mass is 10.1. The molecule has 0 unspecified atom stereocenters. The van der Waals surface area contributed by atoms with Crippen LogP contribution in [0.4, 0.5) is 0 Å². The van der Waals surface area contributed by atoms with E-state index in [1.165, 1.54) is 10.9 Å². The first kappa shape index (κ1) is 19.5. The lowest BCUT2D eigenvalue weighted by Crippen LogP contribution is -2.30. The molecule has 7 nitrogen and oxygen atoms in total. The van der Waals surface area contributed by atoms with Crippen LogP contribution >= 0.6 is 0 Å². The largest absolute Gasteiger partial charge is 0.355 e. The SMILES string of the molecule is CC(C)C(=O)NCCc1nnc2n1CCN(Cc1ccc3ncccc3c1)CC2. The van der Waals surface area contributed by atoms with Gasteiger partial charge in [-0.2, -0.15) is 0 Å². The molecule has 7 heteroatoms. The Kier molecular flexibility index (Phi) is 5.85. The number of hydrogen-bond acceptors (Lipinski definition) is 5. The standard InChI is InChI=1S/C22H28N6O/c1-16(2)22(29)24-10-7-20-25-26-21-8-11-27(12-13-28(20)21)15-17-5-6-19-18(14-17)4-3-9-23-19/h3-6,9,14,16H,7-8,10-13,15H2,1-2H3,(H,24,29). The number of benzene rings is 1. The highest BCUT2D eigenvalue weighted by Crippen LogP contribution is 2.17. The molecule has 0 atom stereocenters. The first-order chi connectivity index (χ1) is 14.1. The summed E-state index contributed by atoms with van der Waals surface area (Å²) in [6, 6.07) is 10.6. The number of carbonyl (C=O) groups is 1. The fourth-order valence-corrected chi connectivity index (χ4v) is 3.75. The number of nitrogens with one attached hydrogen (secondary N) is 1. The second-order valence-corrected chi connectivity index (χ2v) is 7.94. The Morgan fingerprint density at radius 3 is 2.93 bits per heavy atom. The summed E-state index contributed by atoms with van der Waals surface area (Å²) in [6.45, 7) is 8.13. The van der Waals surface area contributed by atoms with Gasteiger partial charge in [0.05, 0.1) is 5.52 Å². The average molecular weight is 393 g/mol. The van der Waals surface area contributed by atoms with Crippen molar-refractivity contribution in [1.82, 2.24) is 30.0 Å². The van der Waals surface area contributed by atoms with Gasteiger partial charge in [0.25, 0.3) is 0 Å². The minimum atomic E-state index is 0.00459. The van der Waals surface area contributed by atoms with Crippen LogP contribution < -0.4 is 5.32 Å². The third-order valence-electron chi connectivity index (χ3n) is 5.44. The highest BCUT2D eigenvalue weighted by molar-refractivity contribution is 5.79. The smallest absolute Gasteiger partial charge is 0.222 e. The van der Waals surface area contributed by atoms with Gasteiger partial charge in [0.15, 0.2) is 0 Å². The summed E-state index contributed by atoms with van der Waals surface area (Å²) in [5, 5.41) is 12.9. The topological polar surface area (TPSA) is 75.9 Å². The van der Waals surface area contributed by atoms with Crippen LogP contribution in [0.2, 0.25) is 0 Å². The zero-order valence-corrected chi connectivity index (χ0v) is 17.1. The highest BCUT2D eigenvalue weighted by Gasteiger charge is 2.19. The van der Waals surface area contributed by atoms with Crippen LogP contribution in [0.3, 0.4) is 0 Å². The fraction of sp³-hybridized carbons (Fsp3) is 0.455. The lowest BCUT2D eigenvalue weighted by Gasteiger charge is -2.20. The lowest BCUT2D eigenvalue weighted by molar-refractivity contribution is -0.123. The summed E-state index contributed by atoms with van der Waals surface area (Å²) >= 11 is 0. The Morgan fingerprint density at radius 2 is 2.07 bits per heavy atom. The summed E-state index contributed by atoms with van der Waals surface area (Å²) in [5.74, 6) is 2.09. The van der Waals surface area contributed by atoms with Crippen molar-refractivity contribution in [3.8, 4) is 0 Å². The molecule has 0 saturated carbocycles. The van der Waals surface area contributed by atoms with Crippen LogP contribution in [0.25, 0.3) is 10.9 Å². The second-order valence-electron chi connectivity index (χ2n) is 7.94. The van der Waals surface area contributed by atoms with Crippen molar-refractivity contribution in [2.75, 3.05) is 19.6 Å². The van der Waals surface area contributed by atoms with Crippen molar-refractivity contribution in [3.63, 3.8) is 0 Å². The number of rotatable bonds is 6. The van der Waals surface area contributed by atoms with Gasteiger partial charge in [-0.25, -0.2) is 0 Å². The molecule has 1 aromatic carbocycles. The molecule has 1 N–H and O–H groups in total. The summed E-state index contributed by atoms with van der Waals surface area (Å²) in [4.78, 5) is 18.6. The van der Waals surface area contributed by atoms with E-state index in [1.54, 1.807) is 0 Å². The van der Waals surface area contributed by atoms with E-state index in [9.17, 15) is 4.79 Å². The van der Waals surface area contributed by atoms with Crippen LogP contribution in [0.1, 0.15) is 31.1 Å². The molecule has 1 amide bonds. The minimum absolute atomic E-state index is 0.00459. The predicted molar refractivity (Wildman–Crippen MR) is 112 cm³/mol. The predicted octanol–water partition coefficient (Wildman–Crippen LogP) is 2.20. The molecule has 2 aromatic heterocycles. The number of amides is 1. The van der Waals surface area contributed by atoms with Gasteiger partial charge in [0.1, 0.15) is 11.6 Å². The average Bonchev–Trinajstić information content (AvgIpc) is 3.00. The number of carbonyl (C=O) groups excluding carboxylic acids is 1. The zero-order valence-electron chi connectivity index (χ0n) is 17.1. The monoisotopic (exact) mass is 392 g/mol. The molecule has 152 valence electrons. The van der Waals surface area contributed by atoms with E-state index in [0.717, 1.165) is 49.8 Å². The number of hydrogen-bond donors (Lipinski definition) is 1. The third-order valence-corrected chi connectivity index (χ3v) is 5.44. The van der Waals surface area contributed by atoms with Gasteiger partial charge in [-0.15, -0.1) is 10.2 Å². The molecule has 3 aromatic rings. The molecule has 1 aliphatic rings. The highest BCUT2D eigenvalue weighted by atomic mass is 16.1. The van der Waals surface area contributed by atoms with Gasteiger partial charge >= 0.3 is 0 Å². The quantitative estimate of drug-likeness (QED) is 0.696. The molecule has 0 bridgehead atoms. The summed E-state index contributed by atoms with van der Waals surface area (Å²) < 4.78 is 2.23. The van der Waals surface area contributed by atoms with Crippen molar-refractivity contribution < 1.29 is 4.79 Å². The maximum Gasteiger partial charge on any atom is 0.222 e. The van der Waals surface area contributed by atoms with Crippen LogP contribution in [-0.2, 0) is 30.7 Å². The van der Waals surface area contributed by atoms with E-state index in [-0.39, 0.29) is 11.8 Å². The molecule has 4 rings (SSSR count). The Bertz CT molecular complexity index is 996. The van der Waals surface area contributed by atoms with Crippen molar-refractivity contribution in [1.29, 1.82) is 0 Å². The van der Waals surface area contributed by atoms with Gasteiger partial charge in [0.2, 0.25) is 5.91 Å². The molecule has 1 aliphatic heterocycles. The van der Waals surface area contributed by atoms with Crippen molar-refractivity contribution >= 4 is 16.8 Å². The van der Waals surface area contributed by atoms with Gasteiger partial charge < -0.3 is 9.88 Å². The Balaban J connectivity index is 1.36. The first-order valence-corrected chi connectivity index (χ1v) is 10.3. The second kappa shape index (κ2) is 8.69. The minimum Gasteiger partial charge on any atom is -0.355 e. The van der Waals surface area contributed by atoms with E-state index in [0.29, 0.717) is 13.0 Å². The van der Waals surface area contributed by atoms with E-state index in [4.69, 9.17) is 0 Å². The van der Waals surface area contributed by atoms with Crippen LogP contribution in [0.15, 0.2) is 36.5 Å². The Labute approximate surface area is 171 Å². The molecule has 3 heterocycles.